The number of aryl methyl sites for hydroxylation is 2. The molecule has 0 aromatic carbocycles. The second kappa shape index (κ2) is 5.28. The molecule has 0 unspecified atom stereocenters. The molecule has 0 aliphatic rings. The molecule has 5 heteroatoms. The van der Waals surface area contributed by atoms with E-state index in [1.54, 1.807) is 11.7 Å². The van der Waals surface area contributed by atoms with E-state index in [0.717, 1.165) is 17.7 Å². The fraction of sp³-hybridized carbons (Fsp3) is 0.600. The predicted octanol–water partition coefficient (Wildman–Crippen LogP) is 1.23. The number of ketones is 1. The molecule has 0 saturated heterocycles. The fourth-order valence-electron chi connectivity index (χ4n) is 1.46. The van der Waals surface area contributed by atoms with Gasteiger partial charge in [0.25, 0.3) is 0 Å². The predicted molar refractivity (Wildman–Crippen MR) is 60.0 cm³/mol. The number of rotatable bonds is 5. The van der Waals surface area contributed by atoms with E-state index in [-0.39, 0.29) is 5.78 Å². The number of halogens is 1. The first kappa shape index (κ1) is 12.2. The number of hydrogen-bond donors (Lipinski definition) is 1. The van der Waals surface area contributed by atoms with Crippen molar-refractivity contribution in [3.8, 4) is 0 Å². The topological polar surface area (TPSA) is 60.9 Å². The van der Waals surface area contributed by atoms with Crippen LogP contribution in [0, 0.1) is 6.92 Å². The molecule has 0 spiro atoms. The van der Waals surface area contributed by atoms with Gasteiger partial charge >= 0.3 is 0 Å². The van der Waals surface area contributed by atoms with Crippen LogP contribution in [0.2, 0.25) is 5.15 Å². The molecule has 0 radical (unpaired) electrons. The summed E-state index contributed by atoms with van der Waals surface area (Å²) in [5.41, 5.74) is 7.00. The fourth-order valence-corrected chi connectivity index (χ4v) is 1.70. The lowest BCUT2D eigenvalue weighted by molar-refractivity contribution is -0.118. The minimum atomic E-state index is 0.165. The monoisotopic (exact) mass is 229 g/mol. The molecular formula is C10H16ClN3O. The van der Waals surface area contributed by atoms with Crippen LogP contribution >= 0.6 is 11.6 Å². The maximum absolute atomic E-state index is 11.5. The van der Waals surface area contributed by atoms with E-state index in [0.29, 0.717) is 24.5 Å². The lowest BCUT2D eigenvalue weighted by atomic mass is 10.1. The van der Waals surface area contributed by atoms with Gasteiger partial charge < -0.3 is 5.73 Å². The molecule has 84 valence electrons. The van der Waals surface area contributed by atoms with Crippen LogP contribution in [0.5, 0.6) is 0 Å². The number of nitrogens with zero attached hydrogens (tertiary/aromatic N) is 2. The Hall–Kier alpha value is -0.870. The van der Waals surface area contributed by atoms with Crippen molar-refractivity contribution in [3.63, 3.8) is 0 Å². The standard InChI is InChI=1S/C10H16ClN3O/c1-7-9(10(11)14(2)13-7)6-8(15)4-3-5-12/h3-6,12H2,1-2H3. The van der Waals surface area contributed by atoms with Crippen molar-refractivity contribution in [1.82, 2.24) is 9.78 Å². The van der Waals surface area contributed by atoms with Crippen LogP contribution in [0.25, 0.3) is 0 Å². The van der Waals surface area contributed by atoms with Crippen molar-refractivity contribution in [2.75, 3.05) is 6.54 Å². The molecule has 4 nitrogen and oxygen atoms in total. The quantitative estimate of drug-likeness (QED) is 0.826. The number of nitrogens with two attached hydrogens (primary N) is 1. The molecule has 0 bridgehead atoms. The highest BCUT2D eigenvalue weighted by Crippen LogP contribution is 2.19. The maximum atomic E-state index is 11.5. The molecule has 0 aliphatic heterocycles. The van der Waals surface area contributed by atoms with E-state index in [2.05, 4.69) is 5.10 Å². The molecule has 2 N–H and O–H groups in total. The van der Waals surface area contributed by atoms with Gasteiger partial charge in [-0.25, -0.2) is 0 Å². The van der Waals surface area contributed by atoms with Gasteiger partial charge in [-0.1, -0.05) is 11.6 Å². The van der Waals surface area contributed by atoms with Crippen LogP contribution in [0.3, 0.4) is 0 Å². The van der Waals surface area contributed by atoms with Crippen molar-refractivity contribution in [3.05, 3.63) is 16.4 Å². The van der Waals surface area contributed by atoms with Crippen LogP contribution in [0.4, 0.5) is 0 Å². The second-order valence-electron chi connectivity index (χ2n) is 3.59. The summed E-state index contributed by atoms with van der Waals surface area (Å²) in [4.78, 5) is 11.5. The van der Waals surface area contributed by atoms with Gasteiger partial charge in [0.1, 0.15) is 10.9 Å². The van der Waals surface area contributed by atoms with Crippen molar-refractivity contribution in [1.29, 1.82) is 0 Å². The average Bonchev–Trinajstić information content (AvgIpc) is 2.42. The van der Waals surface area contributed by atoms with Crippen LogP contribution in [-0.4, -0.2) is 22.1 Å². The van der Waals surface area contributed by atoms with Gasteiger partial charge in [0.05, 0.1) is 5.69 Å². The number of Topliss-reactive ketones (excluding diaryl/α,β-unsaturated/α-hetero) is 1. The summed E-state index contributed by atoms with van der Waals surface area (Å²) in [7, 11) is 1.77. The first-order valence-corrected chi connectivity index (χ1v) is 5.33. The number of aromatic nitrogens is 2. The van der Waals surface area contributed by atoms with E-state index in [4.69, 9.17) is 17.3 Å². The molecule has 0 saturated carbocycles. The zero-order valence-corrected chi connectivity index (χ0v) is 9.84. The number of hydrogen-bond acceptors (Lipinski definition) is 3. The second-order valence-corrected chi connectivity index (χ2v) is 3.94. The van der Waals surface area contributed by atoms with Gasteiger partial charge in [0.15, 0.2) is 0 Å². The van der Waals surface area contributed by atoms with Crippen LogP contribution in [-0.2, 0) is 18.3 Å². The highest BCUT2D eigenvalue weighted by atomic mass is 35.5. The van der Waals surface area contributed by atoms with E-state index < -0.39 is 0 Å². The third kappa shape index (κ3) is 3.04. The average molecular weight is 230 g/mol. The summed E-state index contributed by atoms with van der Waals surface area (Å²) in [5.74, 6) is 0.165. The zero-order chi connectivity index (χ0) is 11.4. The Bertz CT molecular complexity index is 360. The highest BCUT2D eigenvalue weighted by Gasteiger charge is 2.14. The summed E-state index contributed by atoms with van der Waals surface area (Å²) >= 11 is 6.02. The smallest absolute Gasteiger partial charge is 0.137 e. The summed E-state index contributed by atoms with van der Waals surface area (Å²) in [5, 5.41) is 4.70. The molecule has 0 atom stereocenters. The normalized spacial score (nSPS) is 10.7. The number of carbonyl (C=O) groups excluding carboxylic acids is 1. The molecule has 1 aromatic heterocycles. The first-order valence-electron chi connectivity index (χ1n) is 4.96. The molecular weight excluding hydrogens is 214 g/mol. The Balaban J connectivity index is 2.68. The SMILES string of the molecule is Cc1nn(C)c(Cl)c1CC(=O)CCCN. The third-order valence-corrected chi connectivity index (χ3v) is 2.78. The Morgan fingerprint density at radius 1 is 1.60 bits per heavy atom. The Labute approximate surface area is 94.4 Å². The van der Waals surface area contributed by atoms with Crippen LogP contribution < -0.4 is 5.73 Å². The first-order chi connectivity index (χ1) is 7.06. The van der Waals surface area contributed by atoms with Crippen molar-refractivity contribution in [2.45, 2.75) is 26.2 Å². The van der Waals surface area contributed by atoms with E-state index in [1.165, 1.54) is 0 Å². The van der Waals surface area contributed by atoms with Crippen molar-refractivity contribution < 1.29 is 4.79 Å². The summed E-state index contributed by atoms with van der Waals surface area (Å²) in [6.45, 7) is 2.41. The molecule has 15 heavy (non-hydrogen) atoms. The minimum Gasteiger partial charge on any atom is -0.330 e. The van der Waals surface area contributed by atoms with Crippen LogP contribution in [0.1, 0.15) is 24.1 Å². The highest BCUT2D eigenvalue weighted by molar-refractivity contribution is 6.30. The van der Waals surface area contributed by atoms with E-state index in [1.807, 2.05) is 6.92 Å². The lowest BCUT2D eigenvalue weighted by Crippen LogP contribution is -2.07. The Kier molecular flexibility index (Phi) is 4.29. The number of carbonyl (C=O) groups is 1. The maximum Gasteiger partial charge on any atom is 0.137 e. The largest absolute Gasteiger partial charge is 0.330 e. The van der Waals surface area contributed by atoms with Gasteiger partial charge in [-0.05, 0) is 19.9 Å². The summed E-state index contributed by atoms with van der Waals surface area (Å²) in [6.07, 6.45) is 1.61. The zero-order valence-electron chi connectivity index (χ0n) is 9.09. The summed E-state index contributed by atoms with van der Waals surface area (Å²) in [6, 6.07) is 0. The van der Waals surface area contributed by atoms with Gasteiger partial charge in [0.2, 0.25) is 0 Å². The van der Waals surface area contributed by atoms with Crippen LogP contribution in [0.15, 0.2) is 0 Å². The Morgan fingerprint density at radius 2 is 2.27 bits per heavy atom. The van der Waals surface area contributed by atoms with E-state index in [9.17, 15) is 4.79 Å². The van der Waals surface area contributed by atoms with Crippen molar-refractivity contribution >= 4 is 17.4 Å². The van der Waals surface area contributed by atoms with Crippen molar-refractivity contribution in [2.24, 2.45) is 12.8 Å². The van der Waals surface area contributed by atoms with Gasteiger partial charge in [0, 0.05) is 25.5 Å². The lowest BCUT2D eigenvalue weighted by Gasteiger charge is -1.99. The van der Waals surface area contributed by atoms with Gasteiger partial charge in [-0.3, -0.25) is 9.48 Å². The molecule has 1 aromatic rings. The third-order valence-electron chi connectivity index (χ3n) is 2.30. The molecule has 1 heterocycles. The molecule has 0 amide bonds. The molecule has 1 rings (SSSR count). The van der Waals surface area contributed by atoms with Gasteiger partial charge in [-0.15, -0.1) is 0 Å². The minimum absolute atomic E-state index is 0.165. The molecule has 0 aliphatic carbocycles. The summed E-state index contributed by atoms with van der Waals surface area (Å²) < 4.78 is 1.59. The van der Waals surface area contributed by atoms with E-state index >= 15 is 0 Å². The van der Waals surface area contributed by atoms with Gasteiger partial charge in [-0.2, -0.15) is 5.10 Å². The Morgan fingerprint density at radius 3 is 2.73 bits per heavy atom. The molecule has 0 fully saturated rings.